The first-order chi connectivity index (χ1) is 8.28. The molecule has 1 aromatic rings. The Bertz CT molecular complexity index is 550. The lowest BCUT2D eigenvalue weighted by Gasteiger charge is -2.03. The number of carbonyl (C=O) groups is 2. The lowest BCUT2D eigenvalue weighted by molar-refractivity contribution is -0.121. The van der Waals surface area contributed by atoms with Crippen molar-refractivity contribution in [2.24, 2.45) is 0 Å². The third-order valence-electron chi connectivity index (χ3n) is 1.86. The van der Waals surface area contributed by atoms with Gasteiger partial charge in [-0.05, 0) is 0 Å². The standard InChI is InChI=1S/C8H12N4O5S/c1-18(16,17)3-2-9-7(13)5-12-4-6(8(14)15)10-11-12/h4H,2-3,5H2,1H3,(H,9,13)(H,14,15). The fraction of sp³-hybridized carbons (Fsp3) is 0.500. The Morgan fingerprint density at radius 2 is 2.17 bits per heavy atom. The van der Waals surface area contributed by atoms with Gasteiger partial charge in [-0.25, -0.2) is 17.9 Å². The maximum atomic E-state index is 11.3. The van der Waals surface area contributed by atoms with E-state index in [0.29, 0.717) is 0 Å². The first-order valence-electron chi connectivity index (χ1n) is 4.86. The maximum absolute atomic E-state index is 11.3. The van der Waals surface area contributed by atoms with Gasteiger partial charge in [-0.3, -0.25) is 4.79 Å². The van der Waals surface area contributed by atoms with Crippen LogP contribution in [0.1, 0.15) is 10.5 Å². The van der Waals surface area contributed by atoms with Gasteiger partial charge in [0.2, 0.25) is 5.91 Å². The molecule has 0 aliphatic heterocycles. The molecule has 0 aliphatic carbocycles. The zero-order chi connectivity index (χ0) is 13.8. The second kappa shape index (κ2) is 5.58. The van der Waals surface area contributed by atoms with Crippen molar-refractivity contribution in [3.05, 3.63) is 11.9 Å². The first-order valence-corrected chi connectivity index (χ1v) is 6.92. The third-order valence-corrected chi connectivity index (χ3v) is 2.80. The minimum atomic E-state index is -3.13. The van der Waals surface area contributed by atoms with Crippen LogP contribution < -0.4 is 5.32 Å². The van der Waals surface area contributed by atoms with Crippen LogP contribution in [0.5, 0.6) is 0 Å². The monoisotopic (exact) mass is 276 g/mol. The van der Waals surface area contributed by atoms with Gasteiger partial charge in [0.05, 0.1) is 11.9 Å². The zero-order valence-electron chi connectivity index (χ0n) is 9.53. The van der Waals surface area contributed by atoms with Gasteiger partial charge < -0.3 is 10.4 Å². The summed E-state index contributed by atoms with van der Waals surface area (Å²) in [5, 5.41) is 17.7. The number of carboxylic acid groups (broad SMARTS) is 1. The van der Waals surface area contributed by atoms with E-state index < -0.39 is 21.7 Å². The van der Waals surface area contributed by atoms with Crippen molar-refractivity contribution < 1.29 is 23.1 Å². The third kappa shape index (κ3) is 4.91. The van der Waals surface area contributed by atoms with Gasteiger partial charge in [-0.15, -0.1) is 5.10 Å². The minimum Gasteiger partial charge on any atom is -0.476 e. The van der Waals surface area contributed by atoms with Crippen LogP contribution in [-0.4, -0.2) is 58.9 Å². The highest BCUT2D eigenvalue weighted by atomic mass is 32.2. The van der Waals surface area contributed by atoms with Gasteiger partial charge in [-0.2, -0.15) is 0 Å². The number of hydrogen-bond acceptors (Lipinski definition) is 6. The van der Waals surface area contributed by atoms with Crippen LogP contribution in [-0.2, 0) is 21.2 Å². The largest absolute Gasteiger partial charge is 0.476 e. The van der Waals surface area contributed by atoms with Crippen LogP contribution in [0, 0.1) is 0 Å². The van der Waals surface area contributed by atoms with Gasteiger partial charge in [-0.1, -0.05) is 5.21 Å². The molecule has 9 nitrogen and oxygen atoms in total. The van der Waals surface area contributed by atoms with Crippen LogP contribution in [0.4, 0.5) is 0 Å². The molecule has 0 atom stereocenters. The number of aromatic carboxylic acids is 1. The first kappa shape index (κ1) is 14.1. The molecule has 1 aromatic heterocycles. The summed E-state index contributed by atoms with van der Waals surface area (Å²) in [5.74, 6) is -1.87. The fourth-order valence-electron chi connectivity index (χ4n) is 1.05. The normalized spacial score (nSPS) is 11.2. The van der Waals surface area contributed by atoms with E-state index in [0.717, 1.165) is 17.1 Å². The van der Waals surface area contributed by atoms with Crippen molar-refractivity contribution in [1.29, 1.82) is 0 Å². The fourth-order valence-corrected chi connectivity index (χ4v) is 1.53. The number of rotatable bonds is 6. The van der Waals surface area contributed by atoms with E-state index in [-0.39, 0.29) is 24.5 Å². The molecule has 0 saturated heterocycles. The summed E-state index contributed by atoms with van der Waals surface area (Å²) in [5.41, 5.74) is -0.265. The molecule has 1 amide bonds. The smallest absolute Gasteiger partial charge is 0.358 e. The molecule has 0 fully saturated rings. The summed E-state index contributed by atoms with van der Waals surface area (Å²) in [4.78, 5) is 21.8. The van der Waals surface area contributed by atoms with E-state index in [1.54, 1.807) is 0 Å². The summed E-state index contributed by atoms with van der Waals surface area (Å²) in [6.07, 6.45) is 2.17. The second-order valence-electron chi connectivity index (χ2n) is 3.59. The number of carbonyl (C=O) groups excluding carboxylic acids is 1. The number of nitrogens with one attached hydrogen (secondary N) is 1. The summed E-state index contributed by atoms with van der Waals surface area (Å²) in [6.45, 7) is -0.220. The van der Waals surface area contributed by atoms with Gasteiger partial charge in [0.1, 0.15) is 16.4 Å². The minimum absolute atomic E-state index is 0.00183. The molecular weight excluding hydrogens is 264 g/mol. The molecule has 18 heavy (non-hydrogen) atoms. The molecule has 0 spiro atoms. The molecule has 0 aromatic carbocycles. The molecule has 100 valence electrons. The van der Waals surface area contributed by atoms with Gasteiger partial charge >= 0.3 is 5.97 Å². The number of hydrogen-bond donors (Lipinski definition) is 2. The summed E-state index contributed by atoms with van der Waals surface area (Å²) >= 11 is 0. The Morgan fingerprint density at radius 3 is 2.67 bits per heavy atom. The predicted octanol–water partition coefficient (Wildman–Crippen LogP) is -1.86. The predicted molar refractivity (Wildman–Crippen MR) is 59.7 cm³/mol. The number of aromatic nitrogens is 3. The Morgan fingerprint density at radius 1 is 1.50 bits per heavy atom. The molecule has 0 aliphatic rings. The van der Waals surface area contributed by atoms with Crippen LogP contribution in [0.3, 0.4) is 0 Å². The molecule has 10 heteroatoms. The maximum Gasteiger partial charge on any atom is 0.358 e. The topological polar surface area (TPSA) is 131 Å². The van der Waals surface area contributed by atoms with Crippen molar-refractivity contribution in [1.82, 2.24) is 20.3 Å². The Hall–Kier alpha value is -1.97. The Labute approximate surface area is 103 Å². The molecule has 0 saturated carbocycles. The molecular formula is C8H12N4O5S. The number of sulfone groups is 1. The average molecular weight is 276 g/mol. The Balaban J connectivity index is 2.42. The van der Waals surface area contributed by atoms with E-state index in [1.165, 1.54) is 0 Å². The van der Waals surface area contributed by atoms with Gasteiger partial charge in [0, 0.05) is 12.8 Å². The molecule has 0 unspecified atom stereocenters. The van der Waals surface area contributed by atoms with Crippen molar-refractivity contribution in [3.63, 3.8) is 0 Å². The second-order valence-corrected chi connectivity index (χ2v) is 5.85. The molecule has 0 radical (unpaired) electrons. The summed E-state index contributed by atoms with van der Waals surface area (Å²) in [7, 11) is -3.13. The highest BCUT2D eigenvalue weighted by Crippen LogP contribution is 1.92. The van der Waals surface area contributed by atoms with Crippen molar-refractivity contribution >= 4 is 21.7 Å². The van der Waals surface area contributed by atoms with Crippen LogP contribution in [0.2, 0.25) is 0 Å². The number of nitrogens with zero attached hydrogens (tertiary/aromatic N) is 3. The molecule has 1 heterocycles. The highest BCUT2D eigenvalue weighted by Gasteiger charge is 2.10. The van der Waals surface area contributed by atoms with Crippen LogP contribution in [0.15, 0.2) is 6.20 Å². The molecule has 1 rings (SSSR count). The van der Waals surface area contributed by atoms with Gasteiger partial charge in [0.15, 0.2) is 5.69 Å². The van der Waals surface area contributed by atoms with Crippen molar-refractivity contribution in [2.75, 3.05) is 18.6 Å². The van der Waals surface area contributed by atoms with E-state index in [9.17, 15) is 18.0 Å². The SMILES string of the molecule is CS(=O)(=O)CCNC(=O)Cn1cc(C(=O)O)nn1. The Kier molecular flexibility index (Phi) is 4.37. The van der Waals surface area contributed by atoms with Crippen molar-refractivity contribution in [3.8, 4) is 0 Å². The van der Waals surface area contributed by atoms with Crippen LogP contribution in [0.25, 0.3) is 0 Å². The van der Waals surface area contributed by atoms with E-state index in [4.69, 9.17) is 5.11 Å². The summed E-state index contributed by atoms with van der Waals surface area (Å²) < 4.78 is 22.7. The lowest BCUT2D eigenvalue weighted by Crippen LogP contribution is -2.31. The highest BCUT2D eigenvalue weighted by molar-refractivity contribution is 7.90. The van der Waals surface area contributed by atoms with Gasteiger partial charge in [0.25, 0.3) is 0 Å². The lowest BCUT2D eigenvalue weighted by atomic mass is 10.5. The molecule has 0 bridgehead atoms. The van der Waals surface area contributed by atoms with Crippen LogP contribution >= 0.6 is 0 Å². The number of amides is 1. The average Bonchev–Trinajstić information content (AvgIpc) is 2.64. The van der Waals surface area contributed by atoms with E-state index in [2.05, 4.69) is 15.6 Å². The van der Waals surface area contributed by atoms with Crippen molar-refractivity contribution in [2.45, 2.75) is 6.54 Å². The summed E-state index contributed by atoms with van der Waals surface area (Å²) in [6, 6.07) is 0. The number of carboxylic acids is 1. The quantitative estimate of drug-likeness (QED) is 0.622. The zero-order valence-corrected chi connectivity index (χ0v) is 10.3. The van der Waals surface area contributed by atoms with E-state index >= 15 is 0 Å². The molecule has 2 N–H and O–H groups in total. The van der Waals surface area contributed by atoms with E-state index in [1.807, 2.05) is 0 Å².